The van der Waals surface area contributed by atoms with Crippen LogP contribution in [0.2, 0.25) is 0 Å². The molecule has 0 saturated heterocycles. The highest BCUT2D eigenvalue weighted by Crippen LogP contribution is 2.19. The van der Waals surface area contributed by atoms with Crippen molar-refractivity contribution in [3.63, 3.8) is 0 Å². The van der Waals surface area contributed by atoms with E-state index in [9.17, 15) is 0 Å². The fraction of sp³-hybridized carbons (Fsp3) is 0.700. The van der Waals surface area contributed by atoms with Crippen molar-refractivity contribution in [2.45, 2.75) is 33.8 Å². The first-order valence-corrected chi connectivity index (χ1v) is 4.69. The normalized spacial score (nSPS) is 11.7. The van der Waals surface area contributed by atoms with Crippen molar-refractivity contribution >= 4 is 0 Å². The molecule has 1 aromatic heterocycles. The van der Waals surface area contributed by atoms with E-state index in [-0.39, 0.29) is 18.1 Å². The largest absolute Gasteiger partial charge is 0.450 e. The molecule has 0 unspecified atom stereocenters. The Labute approximate surface area is 83.9 Å². The molecule has 0 radical (unpaired) electrons. The van der Waals surface area contributed by atoms with Crippen LogP contribution >= 0.6 is 0 Å². The summed E-state index contributed by atoms with van der Waals surface area (Å²) in [4.78, 5) is 3.91. The molecule has 1 rings (SSSR count). The molecule has 0 aliphatic rings. The molecule has 0 saturated carbocycles. The van der Waals surface area contributed by atoms with Crippen LogP contribution in [0, 0.1) is 5.41 Å². The molecule has 1 heterocycles. The van der Waals surface area contributed by atoms with Crippen molar-refractivity contribution in [1.82, 2.24) is 4.98 Å². The summed E-state index contributed by atoms with van der Waals surface area (Å²) in [5.41, 5.74) is 0.739. The van der Waals surface area contributed by atoms with Crippen molar-refractivity contribution in [3.05, 3.63) is 12.0 Å². The van der Waals surface area contributed by atoms with Crippen LogP contribution in [0.5, 0.6) is 6.08 Å². The average molecular weight is 199 g/mol. The molecule has 0 bridgehead atoms. The van der Waals surface area contributed by atoms with E-state index in [2.05, 4.69) is 25.8 Å². The Morgan fingerprint density at radius 3 is 2.71 bits per heavy atom. The molecule has 0 atom stereocenters. The molecule has 4 nitrogen and oxygen atoms in total. The third-order valence-electron chi connectivity index (χ3n) is 1.77. The van der Waals surface area contributed by atoms with Crippen LogP contribution in [0.25, 0.3) is 0 Å². The number of hydrogen-bond acceptors (Lipinski definition) is 4. The van der Waals surface area contributed by atoms with Gasteiger partial charge in [0.25, 0.3) is 0 Å². The summed E-state index contributed by atoms with van der Waals surface area (Å²) in [6, 6.07) is 0. The van der Waals surface area contributed by atoms with Crippen molar-refractivity contribution in [2.75, 3.05) is 6.61 Å². The van der Waals surface area contributed by atoms with Gasteiger partial charge in [-0.15, -0.1) is 0 Å². The molecular formula is C10H17NO3. The van der Waals surface area contributed by atoms with Gasteiger partial charge in [0, 0.05) is 0 Å². The van der Waals surface area contributed by atoms with Crippen LogP contribution in [-0.4, -0.2) is 16.7 Å². The summed E-state index contributed by atoms with van der Waals surface area (Å²) < 4.78 is 10.3. The van der Waals surface area contributed by atoms with Gasteiger partial charge in [-0.2, -0.15) is 4.98 Å². The number of aliphatic hydroxyl groups is 1. The average Bonchev–Trinajstić information content (AvgIpc) is 2.50. The fourth-order valence-corrected chi connectivity index (χ4v) is 0.872. The quantitative estimate of drug-likeness (QED) is 0.805. The van der Waals surface area contributed by atoms with Gasteiger partial charge >= 0.3 is 6.08 Å². The minimum Gasteiger partial charge on any atom is -0.450 e. The Balaban J connectivity index is 2.31. The lowest BCUT2D eigenvalue weighted by Gasteiger charge is -2.16. The predicted octanol–water partition coefficient (Wildman–Crippen LogP) is 1.98. The molecule has 14 heavy (non-hydrogen) atoms. The molecular weight excluding hydrogens is 182 g/mol. The maximum atomic E-state index is 8.73. The summed E-state index contributed by atoms with van der Waals surface area (Å²) in [5.74, 6) is 0. The highest BCUT2D eigenvalue weighted by Gasteiger charge is 2.11. The molecule has 80 valence electrons. The van der Waals surface area contributed by atoms with Crippen molar-refractivity contribution in [2.24, 2.45) is 5.41 Å². The van der Waals surface area contributed by atoms with E-state index in [1.165, 1.54) is 6.26 Å². The van der Waals surface area contributed by atoms with Crippen LogP contribution < -0.4 is 4.74 Å². The maximum absolute atomic E-state index is 8.73. The summed E-state index contributed by atoms with van der Waals surface area (Å²) >= 11 is 0. The molecule has 0 fully saturated rings. The van der Waals surface area contributed by atoms with Crippen molar-refractivity contribution in [3.8, 4) is 6.08 Å². The van der Waals surface area contributed by atoms with E-state index in [1.54, 1.807) is 0 Å². The van der Waals surface area contributed by atoms with Crippen molar-refractivity contribution in [1.29, 1.82) is 0 Å². The van der Waals surface area contributed by atoms with Gasteiger partial charge in [-0.1, -0.05) is 20.8 Å². The van der Waals surface area contributed by atoms with Gasteiger partial charge in [-0.3, -0.25) is 0 Å². The zero-order valence-electron chi connectivity index (χ0n) is 8.91. The van der Waals surface area contributed by atoms with Gasteiger partial charge in [0.2, 0.25) is 0 Å². The Hall–Kier alpha value is -1.03. The van der Waals surface area contributed by atoms with Gasteiger partial charge < -0.3 is 14.3 Å². The molecule has 1 aromatic rings. The van der Waals surface area contributed by atoms with Gasteiger partial charge in [0.15, 0.2) is 0 Å². The smallest absolute Gasteiger partial charge is 0.393 e. The zero-order valence-corrected chi connectivity index (χ0v) is 8.91. The van der Waals surface area contributed by atoms with E-state index < -0.39 is 0 Å². The van der Waals surface area contributed by atoms with Gasteiger partial charge in [-0.25, -0.2) is 0 Å². The Morgan fingerprint density at radius 1 is 1.50 bits per heavy atom. The van der Waals surface area contributed by atoms with E-state index in [0.29, 0.717) is 12.3 Å². The second-order valence-electron chi connectivity index (χ2n) is 4.42. The number of ether oxygens (including phenoxy) is 1. The van der Waals surface area contributed by atoms with Crippen molar-refractivity contribution < 1.29 is 14.3 Å². The van der Waals surface area contributed by atoms with Crippen LogP contribution in [0.15, 0.2) is 10.7 Å². The first kappa shape index (κ1) is 11.0. The van der Waals surface area contributed by atoms with Crippen LogP contribution in [0.4, 0.5) is 0 Å². The lowest BCUT2D eigenvalue weighted by Crippen LogP contribution is -2.11. The first-order valence-electron chi connectivity index (χ1n) is 4.69. The number of aromatic nitrogens is 1. The zero-order chi connectivity index (χ0) is 10.6. The van der Waals surface area contributed by atoms with Crippen LogP contribution in [0.1, 0.15) is 32.9 Å². The second-order valence-corrected chi connectivity index (χ2v) is 4.42. The highest BCUT2D eigenvalue weighted by atomic mass is 16.6. The maximum Gasteiger partial charge on any atom is 0.393 e. The number of oxazole rings is 1. The minimum atomic E-state index is -0.119. The summed E-state index contributed by atoms with van der Waals surface area (Å²) in [5, 5.41) is 8.73. The first-order chi connectivity index (χ1) is 6.51. The third kappa shape index (κ3) is 3.79. The summed E-state index contributed by atoms with van der Waals surface area (Å²) in [6.45, 7) is 6.89. The van der Waals surface area contributed by atoms with E-state index in [4.69, 9.17) is 14.3 Å². The molecule has 4 heteroatoms. The Kier molecular flexibility index (Phi) is 3.52. The monoisotopic (exact) mass is 199 g/mol. The number of aliphatic hydroxyl groups excluding tert-OH is 1. The van der Waals surface area contributed by atoms with Gasteiger partial charge in [0.05, 0.1) is 13.2 Å². The molecule has 1 N–H and O–H groups in total. The minimum absolute atomic E-state index is 0.119. The van der Waals surface area contributed by atoms with Crippen LogP contribution in [-0.2, 0) is 6.61 Å². The van der Waals surface area contributed by atoms with Gasteiger partial charge in [-0.05, 0) is 11.8 Å². The van der Waals surface area contributed by atoms with Crippen LogP contribution in [0.3, 0.4) is 0 Å². The molecule has 0 aliphatic heterocycles. The molecule has 0 aliphatic carbocycles. The number of rotatable bonds is 4. The lowest BCUT2D eigenvalue weighted by molar-refractivity contribution is 0.191. The van der Waals surface area contributed by atoms with E-state index in [1.807, 2.05) is 0 Å². The van der Waals surface area contributed by atoms with Gasteiger partial charge in [0.1, 0.15) is 12.0 Å². The van der Waals surface area contributed by atoms with E-state index in [0.717, 1.165) is 6.42 Å². The molecule has 0 spiro atoms. The number of hydrogen-bond donors (Lipinski definition) is 1. The fourth-order valence-electron chi connectivity index (χ4n) is 0.872. The number of nitrogens with zero attached hydrogens (tertiary/aromatic N) is 1. The molecule has 0 amide bonds. The predicted molar refractivity (Wildman–Crippen MR) is 52.0 cm³/mol. The van der Waals surface area contributed by atoms with E-state index >= 15 is 0 Å². The summed E-state index contributed by atoms with van der Waals surface area (Å²) in [7, 11) is 0. The standard InChI is InChI=1S/C10H17NO3/c1-10(2,3)4-5-13-9-11-8(6-12)7-14-9/h7,12H,4-6H2,1-3H3. The Morgan fingerprint density at radius 2 is 2.21 bits per heavy atom. The summed E-state index contributed by atoms with van der Waals surface area (Å²) in [6.07, 6.45) is 2.56. The Bertz CT molecular complexity index is 275. The lowest BCUT2D eigenvalue weighted by atomic mass is 9.93. The molecule has 0 aromatic carbocycles. The second kappa shape index (κ2) is 4.46. The topological polar surface area (TPSA) is 55.5 Å². The SMILES string of the molecule is CC(C)(C)CCOc1nc(CO)co1. The highest BCUT2D eigenvalue weighted by molar-refractivity contribution is 4.97. The third-order valence-corrected chi connectivity index (χ3v) is 1.77.